The molecule has 1 atom stereocenters. The molecule has 1 aromatic heterocycles. The SMILES string of the molecule is Cl.Cn1ccc(C(=O)NC(CN)C2CC2)cc1=O. The molecule has 0 aromatic carbocycles. The van der Waals surface area contributed by atoms with Gasteiger partial charge in [0, 0.05) is 37.5 Å². The molecule has 0 saturated heterocycles. The van der Waals surface area contributed by atoms with Crippen molar-refractivity contribution in [3.05, 3.63) is 34.2 Å². The van der Waals surface area contributed by atoms with Crippen LogP contribution in [-0.4, -0.2) is 23.1 Å². The predicted octanol–water partition coefficient (Wildman–Crippen LogP) is 0.274. The summed E-state index contributed by atoms with van der Waals surface area (Å²) in [6, 6.07) is 3.01. The Bertz CT molecular complexity index is 482. The Morgan fingerprint density at radius 1 is 1.61 bits per heavy atom. The van der Waals surface area contributed by atoms with Crippen LogP contribution in [0.4, 0.5) is 0 Å². The fraction of sp³-hybridized carbons (Fsp3) is 0.500. The largest absolute Gasteiger partial charge is 0.348 e. The third-order valence-electron chi connectivity index (χ3n) is 3.13. The molecule has 0 bridgehead atoms. The normalized spacial score (nSPS) is 15.7. The Morgan fingerprint density at radius 3 is 2.78 bits per heavy atom. The van der Waals surface area contributed by atoms with E-state index in [0.717, 1.165) is 12.8 Å². The number of nitrogens with zero attached hydrogens (tertiary/aromatic N) is 1. The van der Waals surface area contributed by atoms with E-state index >= 15 is 0 Å². The number of aryl methyl sites for hydroxylation is 1. The number of pyridine rings is 1. The van der Waals surface area contributed by atoms with Gasteiger partial charge in [-0.2, -0.15) is 0 Å². The van der Waals surface area contributed by atoms with Crippen molar-refractivity contribution < 1.29 is 4.79 Å². The fourth-order valence-electron chi connectivity index (χ4n) is 1.81. The number of nitrogens with two attached hydrogens (primary N) is 1. The second kappa shape index (κ2) is 6.02. The van der Waals surface area contributed by atoms with E-state index < -0.39 is 0 Å². The highest BCUT2D eigenvalue weighted by Gasteiger charge is 2.31. The average molecular weight is 272 g/mol. The molecule has 0 aliphatic heterocycles. The highest BCUT2D eigenvalue weighted by molar-refractivity contribution is 5.94. The van der Waals surface area contributed by atoms with Crippen LogP contribution >= 0.6 is 12.4 Å². The lowest BCUT2D eigenvalue weighted by Crippen LogP contribution is -2.42. The van der Waals surface area contributed by atoms with Crippen molar-refractivity contribution in [1.29, 1.82) is 0 Å². The standard InChI is InChI=1S/C12H17N3O2.ClH/c1-15-5-4-9(6-11(15)16)12(17)14-10(7-13)8-2-3-8;/h4-6,8,10H,2-3,7,13H2,1H3,(H,14,17);1H. The molecule has 18 heavy (non-hydrogen) atoms. The van der Waals surface area contributed by atoms with Crippen LogP contribution in [0, 0.1) is 5.92 Å². The van der Waals surface area contributed by atoms with E-state index in [1.165, 1.54) is 10.6 Å². The fourth-order valence-corrected chi connectivity index (χ4v) is 1.81. The summed E-state index contributed by atoms with van der Waals surface area (Å²) in [5.74, 6) is 0.292. The van der Waals surface area contributed by atoms with Gasteiger partial charge in [0.25, 0.3) is 11.5 Å². The van der Waals surface area contributed by atoms with Crippen molar-refractivity contribution >= 4 is 18.3 Å². The van der Waals surface area contributed by atoms with Crippen molar-refractivity contribution in [3.63, 3.8) is 0 Å². The number of hydrogen-bond donors (Lipinski definition) is 2. The van der Waals surface area contributed by atoms with Crippen LogP contribution in [0.15, 0.2) is 23.1 Å². The maximum atomic E-state index is 11.9. The first-order valence-corrected chi connectivity index (χ1v) is 5.79. The summed E-state index contributed by atoms with van der Waals surface area (Å²) >= 11 is 0. The Morgan fingerprint density at radius 2 is 2.28 bits per heavy atom. The second-order valence-electron chi connectivity index (χ2n) is 4.52. The number of nitrogens with one attached hydrogen (secondary N) is 1. The molecule has 1 aliphatic rings. The van der Waals surface area contributed by atoms with Gasteiger partial charge in [-0.15, -0.1) is 12.4 Å². The number of hydrogen-bond acceptors (Lipinski definition) is 3. The van der Waals surface area contributed by atoms with Crippen LogP contribution in [-0.2, 0) is 7.05 Å². The van der Waals surface area contributed by atoms with E-state index in [2.05, 4.69) is 5.32 Å². The van der Waals surface area contributed by atoms with Gasteiger partial charge in [0.05, 0.1) is 0 Å². The molecule has 100 valence electrons. The summed E-state index contributed by atoms with van der Waals surface area (Å²) in [5.41, 5.74) is 5.82. The second-order valence-corrected chi connectivity index (χ2v) is 4.52. The van der Waals surface area contributed by atoms with E-state index in [1.807, 2.05) is 0 Å². The first-order chi connectivity index (χ1) is 8.11. The third kappa shape index (κ3) is 3.34. The lowest BCUT2D eigenvalue weighted by Gasteiger charge is -2.15. The van der Waals surface area contributed by atoms with Crippen LogP contribution in [0.3, 0.4) is 0 Å². The molecule has 0 radical (unpaired) electrons. The average Bonchev–Trinajstić information content (AvgIpc) is 3.13. The highest BCUT2D eigenvalue weighted by atomic mass is 35.5. The molecule has 1 aliphatic carbocycles. The molecule has 2 rings (SSSR count). The smallest absolute Gasteiger partial charge is 0.251 e. The number of carbonyl (C=O) groups is 1. The quantitative estimate of drug-likeness (QED) is 0.825. The minimum absolute atomic E-state index is 0. The Hall–Kier alpha value is -1.33. The molecule has 1 amide bonds. The topological polar surface area (TPSA) is 77.1 Å². The zero-order valence-corrected chi connectivity index (χ0v) is 11.1. The zero-order chi connectivity index (χ0) is 12.4. The van der Waals surface area contributed by atoms with Crippen molar-refractivity contribution in [1.82, 2.24) is 9.88 Å². The van der Waals surface area contributed by atoms with Gasteiger partial charge in [-0.1, -0.05) is 0 Å². The summed E-state index contributed by atoms with van der Waals surface area (Å²) < 4.78 is 1.43. The van der Waals surface area contributed by atoms with Gasteiger partial charge >= 0.3 is 0 Å². The molecule has 3 N–H and O–H groups in total. The molecule has 1 heterocycles. The third-order valence-corrected chi connectivity index (χ3v) is 3.13. The Kier molecular flexibility index (Phi) is 4.93. The molecule has 6 heteroatoms. The number of amides is 1. The molecular weight excluding hydrogens is 254 g/mol. The van der Waals surface area contributed by atoms with Gasteiger partial charge in [-0.25, -0.2) is 0 Å². The van der Waals surface area contributed by atoms with Crippen LogP contribution in [0.25, 0.3) is 0 Å². The first kappa shape index (κ1) is 14.7. The number of halogens is 1. The Balaban J connectivity index is 0.00000162. The van der Waals surface area contributed by atoms with Gasteiger partial charge in [0.15, 0.2) is 0 Å². The zero-order valence-electron chi connectivity index (χ0n) is 10.3. The lowest BCUT2D eigenvalue weighted by atomic mass is 10.1. The summed E-state index contributed by atoms with van der Waals surface area (Å²) in [4.78, 5) is 23.3. The molecule has 1 aromatic rings. The van der Waals surface area contributed by atoms with Crippen LogP contribution < -0.4 is 16.6 Å². The number of carbonyl (C=O) groups excluding carboxylic acids is 1. The number of rotatable bonds is 4. The summed E-state index contributed by atoms with van der Waals surface area (Å²) in [6.45, 7) is 0.446. The Labute approximate surface area is 112 Å². The van der Waals surface area contributed by atoms with Crippen molar-refractivity contribution in [2.45, 2.75) is 18.9 Å². The van der Waals surface area contributed by atoms with Gasteiger partial charge in [0.1, 0.15) is 0 Å². The summed E-state index contributed by atoms with van der Waals surface area (Å²) in [5, 5.41) is 2.88. The van der Waals surface area contributed by atoms with Gasteiger partial charge < -0.3 is 15.6 Å². The maximum Gasteiger partial charge on any atom is 0.251 e. The molecule has 1 saturated carbocycles. The molecule has 1 unspecified atom stereocenters. The first-order valence-electron chi connectivity index (χ1n) is 5.79. The van der Waals surface area contributed by atoms with E-state index in [0.29, 0.717) is 18.0 Å². The van der Waals surface area contributed by atoms with Crippen molar-refractivity contribution in [2.24, 2.45) is 18.7 Å². The van der Waals surface area contributed by atoms with Crippen LogP contribution in [0.1, 0.15) is 23.2 Å². The molecule has 1 fully saturated rings. The van der Waals surface area contributed by atoms with E-state index in [-0.39, 0.29) is 29.9 Å². The molecule has 0 spiro atoms. The van der Waals surface area contributed by atoms with Gasteiger partial charge in [-0.05, 0) is 24.8 Å². The van der Waals surface area contributed by atoms with Crippen molar-refractivity contribution in [2.75, 3.05) is 6.54 Å². The minimum atomic E-state index is -0.218. The summed E-state index contributed by atoms with van der Waals surface area (Å²) in [7, 11) is 1.65. The number of aromatic nitrogens is 1. The van der Waals surface area contributed by atoms with Crippen LogP contribution in [0.2, 0.25) is 0 Å². The van der Waals surface area contributed by atoms with E-state index in [1.54, 1.807) is 19.3 Å². The molecular formula is C12H18ClN3O2. The van der Waals surface area contributed by atoms with Gasteiger partial charge in [-0.3, -0.25) is 9.59 Å². The molecule has 5 nitrogen and oxygen atoms in total. The summed E-state index contributed by atoms with van der Waals surface area (Å²) in [6.07, 6.45) is 3.84. The monoisotopic (exact) mass is 271 g/mol. The van der Waals surface area contributed by atoms with Crippen LogP contribution in [0.5, 0.6) is 0 Å². The maximum absolute atomic E-state index is 11.9. The minimum Gasteiger partial charge on any atom is -0.348 e. The lowest BCUT2D eigenvalue weighted by molar-refractivity contribution is 0.0933. The highest BCUT2D eigenvalue weighted by Crippen LogP contribution is 2.32. The van der Waals surface area contributed by atoms with E-state index in [4.69, 9.17) is 5.73 Å². The van der Waals surface area contributed by atoms with Crippen molar-refractivity contribution in [3.8, 4) is 0 Å². The van der Waals surface area contributed by atoms with E-state index in [9.17, 15) is 9.59 Å². The predicted molar refractivity (Wildman–Crippen MR) is 72.0 cm³/mol. The van der Waals surface area contributed by atoms with Gasteiger partial charge in [0.2, 0.25) is 0 Å².